The molecule has 1 aliphatic carbocycles. The summed E-state index contributed by atoms with van der Waals surface area (Å²) in [4.78, 5) is 44.1. The van der Waals surface area contributed by atoms with E-state index in [0.29, 0.717) is 22.7 Å². The Labute approximate surface area is 281 Å². The van der Waals surface area contributed by atoms with Gasteiger partial charge in [-0.3, -0.25) is 9.69 Å². The smallest absolute Gasteiger partial charge is 0.341 e. The van der Waals surface area contributed by atoms with E-state index < -0.39 is 11.2 Å². The second-order valence-electron chi connectivity index (χ2n) is 10.6. The molecule has 3 aromatic carbocycles. The minimum atomic E-state index is -0.469. The van der Waals surface area contributed by atoms with Crippen LogP contribution >= 0.6 is 34.9 Å². The number of rotatable bonds is 9. The van der Waals surface area contributed by atoms with Crippen molar-refractivity contribution in [1.82, 2.24) is 0 Å². The SMILES string of the molecule is CCOC(=O)c1c(-c2ccccc2)csc1NC(=O)C(CC)Sc1cccc(NC(=O)N2c3ccccc3SC3C=CC=CC32)c1. The summed E-state index contributed by atoms with van der Waals surface area (Å²) in [5, 5.41) is 8.13. The van der Waals surface area contributed by atoms with Crippen molar-refractivity contribution in [3.8, 4) is 11.1 Å². The molecule has 0 fully saturated rings. The molecule has 234 valence electrons. The van der Waals surface area contributed by atoms with E-state index in [4.69, 9.17) is 4.74 Å². The highest BCUT2D eigenvalue weighted by Crippen LogP contribution is 2.44. The van der Waals surface area contributed by atoms with Gasteiger partial charge in [0.05, 0.1) is 28.8 Å². The monoisotopic (exact) mass is 667 g/mol. The molecule has 46 heavy (non-hydrogen) atoms. The van der Waals surface area contributed by atoms with Crippen molar-refractivity contribution in [2.45, 2.75) is 46.6 Å². The van der Waals surface area contributed by atoms with E-state index in [1.807, 2.05) is 108 Å². The Kier molecular flexibility index (Phi) is 9.97. The molecule has 2 heterocycles. The molecule has 0 radical (unpaired) electrons. The Hall–Kier alpha value is -4.25. The van der Waals surface area contributed by atoms with Gasteiger partial charge in [-0.1, -0.05) is 79.8 Å². The van der Waals surface area contributed by atoms with Crippen LogP contribution in [-0.4, -0.2) is 41.1 Å². The number of esters is 1. The van der Waals surface area contributed by atoms with E-state index in [2.05, 4.69) is 22.8 Å². The first kappa shape index (κ1) is 31.7. The Bertz CT molecular complexity index is 1800. The summed E-state index contributed by atoms with van der Waals surface area (Å²) in [6.45, 7) is 3.94. The standard InChI is InChI=1S/C36H33N3O4S3/c1-3-29(33(40)38-34-32(35(41)43-4-2)26(22-44-34)23-13-6-5-7-14-23)45-25-16-12-15-24(21-25)37-36(42)39-27-17-8-10-19-30(27)46-31-20-11-9-18-28(31)39/h5-22,27,29-30H,3-4H2,1-2H3,(H,37,42)(H,38,40). The zero-order valence-electron chi connectivity index (χ0n) is 25.3. The van der Waals surface area contributed by atoms with Crippen LogP contribution < -0.4 is 15.5 Å². The van der Waals surface area contributed by atoms with Crippen molar-refractivity contribution >= 4 is 69.1 Å². The van der Waals surface area contributed by atoms with Gasteiger partial charge in [0.25, 0.3) is 0 Å². The average molecular weight is 668 g/mol. The van der Waals surface area contributed by atoms with Crippen molar-refractivity contribution < 1.29 is 19.1 Å². The van der Waals surface area contributed by atoms with Gasteiger partial charge in [-0.2, -0.15) is 0 Å². The van der Waals surface area contributed by atoms with Crippen molar-refractivity contribution in [2.24, 2.45) is 0 Å². The zero-order valence-corrected chi connectivity index (χ0v) is 27.8. The van der Waals surface area contributed by atoms with Gasteiger partial charge in [-0.15, -0.1) is 34.9 Å². The lowest BCUT2D eigenvalue weighted by atomic mass is 10.0. The molecule has 0 saturated heterocycles. The molecule has 2 N–H and O–H groups in total. The zero-order chi connectivity index (χ0) is 32.0. The number of fused-ring (bicyclic) bond motifs is 2. The molecule has 0 spiro atoms. The van der Waals surface area contributed by atoms with Crippen molar-refractivity contribution in [3.63, 3.8) is 0 Å². The number of ether oxygens (including phenoxy) is 1. The largest absolute Gasteiger partial charge is 0.462 e. The lowest BCUT2D eigenvalue weighted by molar-refractivity contribution is -0.115. The molecule has 1 aliphatic heterocycles. The van der Waals surface area contributed by atoms with E-state index >= 15 is 0 Å². The molecule has 10 heteroatoms. The van der Waals surface area contributed by atoms with Gasteiger partial charge < -0.3 is 15.4 Å². The molecule has 6 rings (SSSR count). The minimum Gasteiger partial charge on any atom is -0.462 e. The van der Waals surface area contributed by atoms with E-state index in [-0.39, 0.29) is 29.8 Å². The van der Waals surface area contributed by atoms with E-state index in [1.54, 1.807) is 18.7 Å². The van der Waals surface area contributed by atoms with E-state index in [9.17, 15) is 14.4 Å². The number of carbonyl (C=O) groups excluding carboxylic acids is 3. The quantitative estimate of drug-likeness (QED) is 0.137. The third-order valence-corrected chi connectivity index (χ3v) is 11.1. The highest BCUT2D eigenvalue weighted by Gasteiger charge is 2.36. The topological polar surface area (TPSA) is 87.7 Å². The molecular formula is C36H33N3O4S3. The van der Waals surface area contributed by atoms with E-state index in [0.717, 1.165) is 26.6 Å². The first-order chi connectivity index (χ1) is 22.5. The molecule has 4 aromatic rings. The molecule has 1 aromatic heterocycles. The summed E-state index contributed by atoms with van der Waals surface area (Å²) in [5.41, 5.74) is 3.48. The number of carbonyl (C=O) groups is 3. The van der Waals surface area contributed by atoms with Crippen LogP contribution in [-0.2, 0) is 9.53 Å². The third-order valence-electron chi connectivity index (χ3n) is 7.58. The predicted molar refractivity (Wildman–Crippen MR) is 190 cm³/mol. The highest BCUT2D eigenvalue weighted by molar-refractivity contribution is 8.00. The molecule has 3 amide bonds. The minimum absolute atomic E-state index is 0.102. The first-order valence-electron chi connectivity index (χ1n) is 15.1. The number of urea groups is 1. The number of para-hydroxylation sites is 1. The molecule has 2 aliphatic rings. The summed E-state index contributed by atoms with van der Waals surface area (Å²) < 4.78 is 5.36. The van der Waals surface area contributed by atoms with Crippen LogP contribution in [0, 0.1) is 0 Å². The highest BCUT2D eigenvalue weighted by atomic mass is 32.2. The van der Waals surface area contributed by atoms with Crippen LogP contribution in [0.4, 0.5) is 21.2 Å². The molecule has 0 saturated carbocycles. The van der Waals surface area contributed by atoms with Gasteiger partial charge in [-0.25, -0.2) is 9.59 Å². The predicted octanol–water partition coefficient (Wildman–Crippen LogP) is 9.11. The summed E-state index contributed by atoms with van der Waals surface area (Å²) in [6, 6.07) is 24.8. The molecule has 3 unspecified atom stereocenters. The molecule has 0 bridgehead atoms. The van der Waals surface area contributed by atoms with Crippen molar-refractivity contribution in [1.29, 1.82) is 0 Å². The van der Waals surface area contributed by atoms with Crippen LogP contribution in [0.15, 0.2) is 118 Å². The summed E-state index contributed by atoms with van der Waals surface area (Å²) in [5.74, 6) is -0.678. The van der Waals surface area contributed by atoms with Gasteiger partial charge >= 0.3 is 12.0 Å². The summed E-state index contributed by atoms with van der Waals surface area (Å²) >= 11 is 4.49. The van der Waals surface area contributed by atoms with Crippen LogP contribution in [0.3, 0.4) is 0 Å². The number of nitrogens with one attached hydrogen (secondary N) is 2. The van der Waals surface area contributed by atoms with Crippen molar-refractivity contribution in [3.05, 3.63) is 114 Å². The maximum atomic E-state index is 13.8. The number of amides is 3. The summed E-state index contributed by atoms with van der Waals surface area (Å²) in [7, 11) is 0. The normalized spacial score (nSPS) is 17.0. The van der Waals surface area contributed by atoms with Crippen LogP contribution in [0.1, 0.15) is 30.6 Å². The second-order valence-corrected chi connectivity index (χ2v) is 14.0. The molecule has 7 nitrogen and oxygen atoms in total. The number of hydrogen-bond acceptors (Lipinski definition) is 7. The third kappa shape index (κ3) is 6.79. The van der Waals surface area contributed by atoms with Crippen molar-refractivity contribution in [2.75, 3.05) is 22.1 Å². The Balaban J connectivity index is 1.18. The second kappa shape index (κ2) is 14.5. The lowest BCUT2D eigenvalue weighted by Crippen LogP contribution is -2.49. The number of allylic oxidation sites excluding steroid dienone is 2. The first-order valence-corrected chi connectivity index (χ1v) is 17.7. The fraction of sp³-hybridized carbons (Fsp3) is 0.194. The van der Waals surface area contributed by atoms with E-state index in [1.165, 1.54) is 23.1 Å². The van der Waals surface area contributed by atoms with Crippen LogP contribution in [0.25, 0.3) is 11.1 Å². The maximum absolute atomic E-state index is 13.8. The van der Waals surface area contributed by atoms with Gasteiger partial charge in [0.2, 0.25) is 5.91 Å². The number of benzene rings is 3. The molecule has 3 atom stereocenters. The Morgan fingerprint density at radius 2 is 1.72 bits per heavy atom. The number of thioether (sulfide) groups is 2. The number of hydrogen-bond donors (Lipinski definition) is 2. The van der Waals surface area contributed by atoms with Gasteiger partial charge in [0, 0.05) is 26.4 Å². The fourth-order valence-corrected chi connectivity index (χ4v) is 8.65. The van der Waals surface area contributed by atoms with Gasteiger partial charge in [0.15, 0.2) is 0 Å². The Morgan fingerprint density at radius 1 is 0.935 bits per heavy atom. The fourth-order valence-electron chi connectivity index (χ4n) is 5.42. The Morgan fingerprint density at radius 3 is 2.52 bits per heavy atom. The summed E-state index contributed by atoms with van der Waals surface area (Å²) in [6.07, 6.45) is 8.76. The average Bonchev–Trinajstić information content (AvgIpc) is 3.50. The number of anilines is 3. The van der Waals surface area contributed by atoms with Crippen LogP contribution in [0.2, 0.25) is 0 Å². The number of thiophene rings is 1. The van der Waals surface area contributed by atoms with Gasteiger partial charge in [0.1, 0.15) is 10.6 Å². The maximum Gasteiger partial charge on any atom is 0.341 e. The van der Waals surface area contributed by atoms with Crippen LogP contribution in [0.5, 0.6) is 0 Å². The number of nitrogens with zero attached hydrogens (tertiary/aromatic N) is 1. The van der Waals surface area contributed by atoms with Gasteiger partial charge in [-0.05, 0) is 49.2 Å². The molecular weight excluding hydrogens is 635 g/mol. The lowest BCUT2D eigenvalue weighted by Gasteiger charge is -2.40.